The van der Waals surface area contributed by atoms with Gasteiger partial charge in [0.15, 0.2) is 14.9 Å². The highest BCUT2D eigenvalue weighted by atomic mass is 32.2. The molecule has 1 atom stereocenters. The summed E-state index contributed by atoms with van der Waals surface area (Å²) in [7, 11) is -3.45. The molecular weight excluding hydrogens is 433 g/mol. The van der Waals surface area contributed by atoms with Gasteiger partial charge in [-0.3, -0.25) is 4.90 Å². The monoisotopic (exact) mass is 457 g/mol. The van der Waals surface area contributed by atoms with Crippen LogP contribution in [0.1, 0.15) is 37.1 Å². The van der Waals surface area contributed by atoms with E-state index in [9.17, 15) is 17.6 Å². The average Bonchev–Trinajstić information content (AvgIpc) is 3.21. The van der Waals surface area contributed by atoms with Crippen molar-refractivity contribution in [2.75, 3.05) is 17.7 Å². The molecule has 0 radical (unpaired) electrons. The third-order valence-electron chi connectivity index (χ3n) is 5.50. The minimum Gasteiger partial charge on any atom is -0.331 e. The number of anilines is 1. The number of benzene rings is 1. The van der Waals surface area contributed by atoms with Crippen molar-refractivity contribution in [2.24, 2.45) is 0 Å². The van der Waals surface area contributed by atoms with E-state index < -0.39 is 9.84 Å². The van der Waals surface area contributed by atoms with Crippen molar-refractivity contribution < 1.29 is 17.6 Å². The number of sulfone groups is 1. The van der Waals surface area contributed by atoms with E-state index in [4.69, 9.17) is 0 Å². The Morgan fingerprint density at radius 1 is 1.25 bits per heavy atom. The first-order valence-corrected chi connectivity index (χ1v) is 12.2. The van der Waals surface area contributed by atoms with E-state index in [2.05, 4.69) is 15.4 Å². The summed E-state index contributed by atoms with van der Waals surface area (Å²) in [6, 6.07) is 8.60. The van der Waals surface area contributed by atoms with E-state index in [-0.39, 0.29) is 22.9 Å². The van der Waals surface area contributed by atoms with Gasteiger partial charge in [-0.2, -0.15) is 5.10 Å². The van der Waals surface area contributed by atoms with Gasteiger partial charge >= 0.3 is 6.03 Å². The standard InChI is InChI=1S/C22H24FN5O3S/c1-3-18(15-10-11-24-21(13-15)32(2,30)31)26-22(29)27-12-4-5-19-20(27)14-25-28(19)17-8-6-16(23)7-9-17/h6-11,13-14,18H,3-5,12H2,1-2H3,(H,26,29)/t18-/m0/s1. The highest BCUT2D eigenvalue weighted by Crippen LogP contribution is 2.30. The Labute approximate surface area is 186 Å². The molecule has 8 nitrogen and oxygen atoms in total. The molecule has 168 valence electrons. The molecule has 10 heteroatoms. The zero-order valence-corrected chi connectivity index (χ0v) is 18.6. The third-order valence-corrected chi connectivity index (χ3v) is 6.48. The van der Waals surface area contributed by atoms with Crippen molar-refractivity contribution >= 4 is 21.6 Å². The Kier molecular flexibility index (Phi) is 5.96. The molecule has 3 heterocycles. The van der Waals surface area contributed by atoms with E-state index in [0.717, 1.165) is 30.5 Å². The number of hydrogen-bond donors (Lipinski definition) is 1. The number of halogens is 1. The fraction of sp³-hybridized carbons (Fsp3) is 0.318. The molecule has 0 saturated heterocycles. The Balaban J connectivity index is 1.58. The first-order chi connectivity index (χ1) is 15.3. The van der Waals surface area contributed by atoms with Gasteiger partial charge < -0.3 is 5.32 Å². The molecule has 1 N–H and O–H groups in total. The summed E-state index contributed by atoms with van der Waals surface area (Å²) in [5.41, 5.74) is 3.00. The molecule has 2 aromatic heterocycles. The molecule has 1 aliphatic rings. The number of amides is 2. The summed E-state index contributed by atoms with van der Waals surface area (Å²) in [6.07, 6.45) is 6.27. The van der Waals surface area contributed by atoms with Gasteiger partial charge in [-0.25, -0.2) is 27.3 Å². The van der Waals surface area contributed by atoms with Crippen LogP contribution in [0.3, 0.4) is 0 Å². The lowest BCUT2D eigenvalue weighted by Crippen LogP contribution is -2.44. The summed E-state index contributed by atoms with van der Waals surface area (Å²) < 4.78 is 38.7. The maximum absolute atomic E-state index is 13.3. The molecule has 0 spiro atoms. The van der Waals surface area contributed by atoms with Crippen LogP contribution in [0.4, 0.5) is 14.9 Å². The largest absolute Gasteiger partial charge is 0.331 e. The zero-order chi connectivity index (χ0) is 22.9. The number of fused-ring (bicyclic) bond motifs is 1. The van der Waals surface area contributed by atoms with Gasteiger partial charge in [0.25, 0.3) is 0 Å². The lowest BCUT2D eigenvalue weighted by atomic mass is 10.1. The van der Waals surface area contributed by atoms with E-state index >= 15 is 0 Å². The van der Waals surface area contributed by atoms with Gasteiger partial charge in [-0.15, -0.1) is 0 Å². The fourth-order valence-electron chi connectivity index (χ4n) is 3.86. The molecule has 0 bridgehead atoms. The molecule has 1 aromatic carbocycles. The number of rotatable bonds is 5. The van der Waals surface area contributed by atoms with Gasteiger partial charge in [0.2, 0.25) is 0 Å². The summed E-state index contributed by atoms with van der Waals surface area (Å²) in [5.74, 6) is -0.323. The first-order valence-electron chi connectivity index (χ1n) is 10.3. The van der Waals surface area contributed by atoms with Gasteiger partial charge in [-0.05, 0) is 61.2 Å². The van der Waals surface area contributed by atoms with Crippen molar-refractivity contribution in [2.45, 2.75) is 37.3 Å². The van der Waals surface area contributed by atoms with Crippen LogP contribution in [0.2, 0.25) is 0 Å². The highest BCUT2D eigenvalue weighted by Gasteiger charge is 2.28. The Morgan fingerprint density at radius 2 is 2.00 bits per heavy atom. The Morgan fingerprint density at radius 3 is 2.69 bits per heavy atom. The van der Waals surface area contributed by atoms with Crippen molar-refractivity contribution in [3.8, 4) is 5.69 Å². The number of pyridine rings is 1. The molecular formula is C22H24FN5O3S. The normalized spacial score (nSPS) is 14.7. The van der Waals surface area contributed by atoms with E-state index in [1.54, 1.807) is 34.0 Å². The fourth-order valence-corrected chi connectivity index (χ4v) is 4.46. The summed E-state index contributed by atoms with van der Waals surface area (Å²) in [5, 5.41) is 7.41. The van der Waals surface area contributed by atoms with Gasteiger partial charge in [0, 0.05) is 19.0 Å². The van der Waals surface area contributed by atoms with Crippen LogP contribution in [0.25, 0.3) is 5.69 Å². The second-order valence-electron chi connectivity index (χ2n) is 7.73. The van der Waals surface area contributed by atoms with E-state index in [1.165, 1.54) is 24.4 Å². The number of aromatic nitrogens is 3. The molecule has 3 aromatic rings. The first kappa shape index (κ1) is 21.9. The van der Waals surface area contributed by atoms with Crippen LogP contribution in [0.15, 0.2) is 53.8 Å². The Hall–Kier alpha value is -3.27. The van der Waals surface area contributed by atoms with Crippen LogP contribution in [0.5, 0.6) is 0 Å². The molecule has 0 fully saturated rings. The number of nitrogens with one attached hydrogen (secondary N) is 1. The maximum Gasteiger partial charge on any atom is 0.322 e. The quantitative estimate of drug-likeness (QED) is 0.633. The summed E-state index contributed by atoms with van der Waals surface area (Å²) in [4.78, 5) is 18.7. The number of nitrogens with zero attached hydrogens (tertiary/aromatic N) is 4. The molecule has 32 heavy (non-hydrogen) atoms. The maximum atomic E-state index is 13.3. The van der Waals surface area contributed by atoms with Crippen molar-refractivity contribution in [3.05, 3.63) is 65.9 Å². The predicted octanol–water partition coefficient (Wildman–Crippen LogP) is 3.42. The molecule has 1 aliphatic heterocycles. The van der Waals surface area contributed by atoms with E-state index in [1.807, 2.05) is 6.92 Å². The number of carbonyl (C=O) groups is 1. The SMILES string of the molecule is CC[C@H](NC(=O)N1CCCc2c1cnn2-c1ccc(F)cc1)c1ccnc(S(C)(=O)=O)c1. The van der Waals surface area contributed by atoms with Crippen molar-refractivity contribution in [3.63, 3.8) is 0 Å². The Bertz CT molecular complexity index is 1240. The average molecular weight is 458 g/mol. The van der Waals surface area contributed by atoms with Gasteiger partial charge in [0.1, 0.15) is 5.82 Å². The van der Waals surface area contributed by atoms with Crippen LogP contribution in [-0.4, -0.2) is 42.0 Å². The lowest BCUT2D eigenvalue weighted by Gasteiger charge is -2.29. The van der Waals surface area contributed by atoms with Crippen LogP contribution in [0, 0.1) is 5.82 Å². The minimum absolute atomic E-state index is 0.0245. The molecule has 0 aliphatic carbocycles. The number of carbonyl (C=O) groups excluding carboxylic acids is 1. The number of urea groups is 1. The van der Waals surface area contributed by atoms with Crippen molar-refractivity contribution in [1.82, 2.24) is 20.1 Å². The summed E-state index contributed by atoms with van der Waals surface area (Å²) in [6.45, 7) is 2.45. The summed E-state index contributed by atoms with van der Waals surface area (Å²) >= 11 is 0. The second kappa shape index (κ2) is 8.70. The third kappa shape index (κ3) is 4.36. The van der Waals surface area contributed by atoms with Gasteiger partial charge in [0.05, 0.1) is 29.3 Å². The smallest absolute Gasteiger partial charge is 0.322 e. The van der Waals surface area contributed by atoms with Crippen molar-refractivity contribution in [1.29, 1.82) is 0 Å². The molecule has 0 unspecified atom stereocenters. The van der Waals surface area contributed by atoms with Gasteiger partial charge in [-0.1, -0.05) is 6.92 Å². The highest BCUT2D eigenvalue weighted by molar-refractivity contribution is 7.90. The second-order valence-corrected chi connectivity index (χ2v) is 9.69. The minimum atomic E-state index is -3.45. The van der Waals surface area contributed by atoms with E-state index in [0.29, 0.717) is 24.2 Å². The zero-order valence-electron chi connectivity index (χ0n) is 17.8. The molecule has 2 amide bonds. The van der Waals surface area contributed by atoms with Crippen LogP contribution >= 0.6 is 0 Å². The van der Waals surface area contributed by atoms with Crippen LogP contribution < -0.4 is 10.2 Å². The number of hydrogen-bond acceptors (Lipinski definition) is 5. The van der Waals surface area contributed by atoms with Crippen LogP contribution in [-0.2, 0) is 16.3 Å². The predicted molar refractivity (Wildman–Crippen MR) is 118 cm³/mol. The molecule has 4 rings (SSSR count). The topological polar surface area (TPSA) is 97.2 Å². The molecule has 0 saturated carbocycles. The lowest BCUT2D eigenvalue weighted by molar-refractivity contribution is 0.241.